The van der Waals surface area contributed by atoms with Gasteiger partial charge < -0.3 is 4.74 Å². The lowest BCUT2D eigenvalue weighted by Crippen LogP contribution is -2.37. The molecule has 0 N–H and O–H groups in total. The Balaban J connectivity index is 1.69. The molecule has 1 aromatic carbocycles. The van der Waals surface area contributed by atoms with Gasteiger partial charge in [-0.1, -0.05) is 24.3 Å². The van der Waals surface area contributed by atoms with Crippen LogP contribution in [0.3, 0.4) is 0 Å². The van der Waals surface area contributed by atoms with Crippen LogP contribution >= 0.6 is 11.3 Å². The van der Waals surface area contributed by atoms with Gasteiger partial charge in [0, 0.05) is 19.3 Å². The summed E-state index contributed by atoms with van der Waals surface area (Å²) >= 11 is 1.56. The first-order valence-electron chi connectivity index (χ1n) is 9.54. The number of rotatable bonds is 6. The summed E-state index contributed by atoms with van der Waals surface area (Å²) in [4.78, 5) is 19.7. The normalized spacial score (nSPS) is 16.9. The van der Waals surface area contributed by atoms with Gasteiger partial charge >= 0.3 is 0 Å². The summed E-state index contributed by atoms with van der Waals surface area (Å²) in [6, 6.07) is 8.07. The number of hydrogen-bond donors (Lipinski definition) is 0. The molecule has 1 aliphatic heterocycles. The lowest BCUT2D eigenvalue weighted by atomic mass is 10.2. The fourth-order valence-electron chi connectivity index (χ4n) is 3.32. The Morgan fingerprint density at radius 1 is 1.37 bits per heavy atom. The number of carbonyl (C=O) groups excluding carboxylic acids is 1. The number of carbonyl (C=O) groups is 1. The molecule has 1 atom stereocenters. The van der Waals surface area contributed by atoms with Crippen LogP contribution in [0.15, 0.2) is 30.5 Å². The van der Waals surface area contributed by atoms with Crippen LogP contribution in [0, 0.1) is 0 Å². The summed E-state index contributed by atoms with van der Waals surface area (Å²) in [5.74, 6) is -0.118. The second-order valence-electron chi connectivity index (χ2n) is 6.76. The monoisotopic (exact) mass is 384 g/mol. The first-order valence-corrected chi connectivity index (χ1v) is 10.4. The Bertz CT molecular complexity index is 943. The summed E-state index contributed by atoms with van der Waals surface area (Å²) in [6.45, 7) is 6.15. The van der Waals surface area contributed by atoms with Crippen molar-refractivity contribution in [3.8, 4) is 0 Å². The highest BCUT2D eigenvalue weighted by molar-refractivity contribution is 7.22. The van der Waals surface area contributed by atoms with Gasteiger partial charge in [-0.15, -0.1) is 0 Å². The van der Waals surface area contributed by atoms with Crippen molar-refractivity contribution in [3.63, 3.8) is 0 Å². The number of benzene rings is 1. The molecule has 1 aliphatic rings. The highest BCUT2D eigenvalue weighted by atomic mass is 32.1. The zero-order valence-electron chi connectivity index (χ0n) is 15.7. The molecule has 0 saturated carbocycles. The first-order chi connectivity index (χ1) is 13.2. The van der Waals surface area contributed by atoms with Crippen LogP contribution in [-0.2, 0) is 17.7 Å². The van der Waals surface area contributed by atoms with Crippen molar-refractivity contribution in [2.24, 2.45) is 0 Å². The van der Waals surface area contributed by atoms with E-state index in [0.717, 1.165) is 42.6 Å². The van der Waals surface area contributed by atoms with E-state index in [-0.39, 0.29) is 12.0 Å². The van der Waals surface area contributed by atoms with Crippen molar-refractivity contribution in [1.29, 1.82) is 0 Å². The largest absolute Gasteiger partial charge is 0.376 e. The standard InChI is InChI=1S/C20H24N4O2S/c1-3-14-7-8-16-18(12-14)27-20(21-16)24(13-15-6-5-11-26-15)19(25)17-9-10-23(4-2)22-17/h7-10,12,15H,3-6,11,13H2,1-2H3. The number of thiazole rings is 1. The topological polar surface area (TPSA) is 60.3 Å². The summed E-state index contributed by atoms with van der Waals surface area (Å²) < 4.78 is 8.66. The van der Waals surface area contributed by atoms with Crippen molar-refractivity contribution < 1.29 is 9.53 Å². The minimum Gasteiger partial charge on any atom is -0.376 e. The van der Waals surface area contributed by atoms with Crippen molar-refractivity contribution in [3.05, 3.63) is 41.7 Å². The molecule has 2 aromatic heterocycles. The van der Waals surface area contributed by atoms with Crippen LogP contribution < -0.4 is 4.90 Å². The van der Waals surface area contributed by atoms with Crippen molar-refractivity contribution >= 4 is 32.6 Å². The van der Waals surface area contributed by atoms with Crippen molar-refractivity contribution in [1.82, 2.24) is 14.8 Å². The van der Waals surface area contributed by atoms with Crippen LogP contribution in [0.4, 0.5) is 5.13 Å². The molecule has 1 fully saturated rings. The third-order valence-corrected chi connectivity index (χ3v) is 5.96. The van der Waals surface area contributed by atoms with Gasteiger partial charge in [-0.05, 0) is 49.9 Å². The van der Waals surface area contributed by atoms with Gasteiger partial charge in [0.1, 0.15) is 0 Å². The van der Waals surface area contributed by atoms with Gasteiger partial charge in [0.05, 0.1) is 22.9 Å². The quantitative estimate of drug-likeness (QED) is 0.647. The van der Waals surface area contributed by atoms with E-state index < -0.39 is 0 Å². The number of amides is 1. The molecule has 142 valence electrons. The van der Waals surface area contributed by atoms with Crippen LogP contribution in [0.25, 0.3) is 10.2 Å². The Morgan fingerprint density at radius 2 is 2.26 bits per heavy atom. The fourth-order valence-corrected chi connectivity index (χ4v) is 4.36. The maximum Gasteiger partial charge on any atom is 0.280 e. The SMILES string of the molecule is CCc1ccc2nc(N(CC3CCCO3)C(=O)c3ccn(CC)n3)sc2c1. The average Bonchev–Trinajstić information content (AvgIpc) is 3.44. The third-order valence-electron chi connectivity index (χ3n) is 4.92. The third kappa shape index (κ3) is 3.75. The Morgan fingerprint density at radius 3 is 2.96 bits per heavy atom. The molecule has 1 unspecified atom stereocenters. The molecule has 27 heavy (non-hydrogen) atoms. The average molecular weight is 385 g/mol. The summed E-state index contributed by atoms with van der Waals surface area (Å²) in [7, 11) is 0. The lowest BCUT2D eigenvalue weighted by molar-refractivity contribution is 0.0912. The van der Waals surface area contributed by atoms with Gasteiger partial charge in [0.2, 0.25) is 0 Å². The van der Waals surface area contributed by atoms with Crippen molar-refractivity contribution in [2.75, 3.05) is 18.1 Å². The Kier molecular flexibility index (Phi) is 5.22. The highest BCUT2D eigenvalue weighted by Gasteiger charge is 2.28. The Hall–Kier alpha value is -2.25. The lowest BCUT2D eigenvalue weighted by Gasteiger charge is -2.22. The van der Waals surface area contributed by atoms with Crippen LogP contribution in [0.2, 0.25) is 0 Å². The molecule has 0 bridgehead atoms. The van der Waals surface area contributed by atoms with E-state index in [1.54, 1.807) is 27.0 Å². The molecule has 1 saturated heterocycles. The highest BCUT2D eigenvalue weighted by Crippen LogP contribution is 2.31. The minimum absolute atomic E-state index is 0.0559. The second kappa shape index (κ2) is 7.78. The molecule has 7 heteroatoms. The molecule has 3 aromatic rings. The van der Waals surface area contributed by atoms with Gasteiger partial charge in [-0.3, -0.25) is 14.4 Å². The molecule has 0 spiro atoms. The van der Waals surface area contributed by atoms with Gasteiger partial charge in [0.15, 0.2) is 10.8 Å². The van der Waals surface area contributed by atoms with Gasteiger partial charge in [-0.25, -0.2) is 4.98 Å². The number of fused-ring (bicyclic) bond motifs is 1. The number of aryl methyl sites for hydroxylation is 2. The second-order valence-corrected chi connectivity index (χ2v) is 7.77. The Labute approximate surface area is 162 Å². The molecule has 0 aliphatic carbocycles. The summed E-state index contributed by atoms with van der Waals surface area (Å²) in [5.41, 5.74) is 2.65. The smallest absolute Gasteiger partial charge is 0.280 e. The molecule has 4 rings (SSSR count). The van der Waals surface area contributed by atoms with Gasteiger partial charge in [0.25, 0.3) is 5.91 Å². The van der Waals surface area contributed by atoms with Crippen LogP contribution in [0.5, 0.6) is 0 Å². The van der Waals surface area contributed by atoms with E-state index in [2.05, 4.69) is 24.2 Å². The molecule has 6 nitrogen and oxygen atoms in total. The van der Waals surface area contributed by atoms with E-state index in [1.165, 1.54) is 5.56 Å². The maximum absolute atomic E-state index is 13.2. The number of aromatic nitrogens is 3. The number of nitrogens with zero attached hydrogens (tertiary/aromatic N) is 4. The van der Waals surface area contributed by atoms with Crippen LogP contribution in [-0.4, -0.2) is 39.9 Å². The van der Waals surface area contributed by atoms with Crippen LogP contribution in [0.1, 0.15) is 42.7 Å². The zero-order chi connectivity index (χ0) is 18.8. The van der Waals surface area contributed by atoms with E-state index in [1.807, 2.05) is 19.2 Å². The summed E-state index contributed by atoms with van der Waals surface area (Å²) in [5, 5.41) is 5.11. The number of ether oxygens (including phenoxy) is 1. The minimum atomic E-state index is -0.118. The molecule has 0 radical (unpaired) electrons. The van der Waals surface area contributed by atoms with Crippen molar-refractivity contribution in [2.45, 2.75) is 45.8 Å². The van der Waals surface area contributed by atoms with E-state index in [9.17, 15) is 4.79 Å². The predicted molar refractivity (Wildman–Crippen MR) is 108 cm³/mol. The predicted octanol–water partition coefficient (Wildman–Crippen LogP) is 3.90. The summed E-state index contributed by atoms with van der Waals surface area (Å²) in [6.07, 6.45) is 4.88. The number of hydrogen-bond acceptors (Lipinski definition) is 5. The first kappa shape index (κ1) is 18.1. The van der Waals surface area contributed by atoms with E-state index in [4.69, 9.17) is 9.72 Å². The molecular formula is C20H24N4O2S. The zero-order valence-corrected chi connectivity index (χ0v) is 16.5. The molecular weight excluding hydrogens is 360 g/mol. The van der Waals surface area contributed by atoms with E-state index >= 15 is 0 Å². The molecule has 1 amide bonds. The molecule has 3 heterocycles. The fraction of sp³-hybridized carbons (Fsp3) is 0.450. The maximum atomic E-state index is 13.2. The van der Waals surface area contributed by atoms with Gasteiger partial charge in [-0.2, -0.15) is 5.10 Å². The van der Waals surface area contributed by atoms with E-state index in [0.29, 0.717) is 17.4 Å². The number of anilines is 1.